The second-order valence-corrected chi connectivity index (χ2v) is 9.21. The lowest BCUT2D eigenvalue weighted by atomic mass is 10.1. The van der Waals surface area contributed by atoms with Gasteiger partial charge in [0.25, 0.3) is 0 Å². The predicted octanol–water partition coefficient (Wildman–Crippen LogP) is 2.60. The highest BCUT2D eigenvalue weighted by Crippen LogP contribution is 2.32. The van der Waals surface area contributed by atoms with Crippen LogP contribution in [-0.2, 0) is 16.1 Å². The standard InChI is InChI=1S/C23H32N4O4S/c1-5-31-23(30)21-16(2)24-22(32-21)17-6-7-19(28)18(14-17)15-26-9-8-20(29)27(13-11-26)12-10-25(3)4/h6-7,14,28H,5,8-13,15H2,1-4H3. The van der Waals surface area contributed by atoms with Crippen molar-refractivity contribution < 1.29 is 19.4 Å². The quantitative estimate of drug-likeness (QED) is 0.606. The Balaban J connectivity index is 1.72. The first kappa shape index (κ1) is 24.2. The molecule has 2 heterocycles. The number of aromatic hydroxyl groups is 1. The first-order valence-electron chi connectivity index (χ1n) is 10.9. The lowest BCUT2D eigenvalue weighted by molar-refractivity contribution is -0.130. The van der Waals surface area contributed by atoms with E-state index in [9.17, 15) is 14.7 Å². The molecule has 1 fully saturated rings. The van der Waals surface area contributed by atoms with Crippen molar-refractivity contribution in [2.75, 3.05) is 53.4 Å². The fraction of sp³-hybridized carbons (Fsp3) is 0.522. The van der Waals surface area contributed by atoms with Crippen LogP contribution in [0.3, 0.4) is 0 Å². The van der Waals surface area contributed by atoms with Crippen molar-refractivity contribution in [3.8, 4) is 16.3 Å². The summed E-state index contributed by atoms with van der Waals surface area (Å²) in [5.41, 5.74) is 2.27. The number of aromatic nitrogens is 1. The minimum atomic E-state index is -0.360. The Morgan fingerprint density at radius 2 is 2.06 bits per heavy atom. The van der Waals surface area contributed by atoms with Gasteiger partial charge in [0.15, 0.2) is 0 Å². The number of ether oxygens (including phenoxy) is 1. The number of amides is 1. The topological polar surface area (TPSA) is 86.2 Å². The van der Waals surface area contributed by atoms with Crippen molar-refractivity contribution >= 4 is 23.2 Å². The zero-order valence-corrected chi connectivity index (χ0v) is 20.1. The molecule has 0 spiro atoms. The normalized spacial score (nSPS) is 15.3. The number of rotatable bonds is 8. The Labute approximate surface area is 193 Å². The molecule has 1 aliphatic rings. The highest BCUT2D eigenvalue weighted by Gasteiger charge is 2.22. The average molecular weight is 461 g/mol. The molecule has 0 saturated carbocycles. The fourth-order valence-corrected chi connectivity index (χ4v) is 4.57. The Bertz CT molecular complexity index is 959. The molecule has 0 atom stereocenters. The van der Waals surface area contributed by atoms with Gasteiger partial charge in [0.1, 0.15) is 15.6 Å². The van der Waals surface area contributed by atoms with Gasteiger partial charge < -0.3 is 19.6 Å². The summed E-state index contributed by atoms with van der Waals surface area (Å²) in [6.45, 7) is 8.10. The van der Waals surface area contributed by atoms with E-state index in [4.69, 9.17) is 4.74 Å². The van der Waals surface area contributed by atoms with Crippen LogP contribution in [0.15, 0.2) is 18.2 Å². The molecule has 0 unspecified atom stereocenters. The number of aryl methyl sites for hydroxylation is 1. The summed E-state index contributed by atoms with van der Waals surface area (Å²) in [5.74, 6) is 0.0329. The SMILES string of the molecule is CCOC(=O)c1sc(-c2ccc(O)c(CN3CCC(=O)N(CCN(C)C)CC3)c2)nc1C. The maximum Gasteiger partial charge on any atom is 0.350 e. The highest BCUT2D eigenvalue weighted by atomic mass is 32.1. The second kappa shape index (κ2) is 10.9. The van der Waals surface area contributed by atoms with Crippen molar-refractivity contribution in [2.24, 2.45) is 0 Å². The fourth-order valence-electron chi connectivity index (χ4n) is 3.62. The Hall–Kier alpha value is -2.49. The van der Waals surface area contributed by atoms with Crippen LogP contribution in [0.5, 0.6) is 5.75 Å². The van der Waals surface area contributed by atoms with Gasteiger partial charge in [-0.2, -0.15) is 0 Å². The third-order valence-corrected chi connectivity index (χ3v) is 6.66. The average Bonchev–Trinajstić information content (AvgIpc) is 3.05. The minimum Gasteiger partial charge on any atom is -0.508 e. The molecular formula is C23H32N4O4S. The summed E-state index contributed by atoms with van der Waals surface area (Å²) in [5, 5.41) is 11.2. The van der Waals surface area contributed by atoms with Crippen LogP contribution in [0.4, 0.5) is 0 Å². The summed E-state index contributed by atoms with van der Waals surface area (Å²) >= 11 is 1.30. The van der Waals surface area contributed by atoms with E-state index in [1.807, 2.05) is 25.1 Å². The van der Waals surface area contributed by atoms with Crippen LogP contribution in [-0.4, -0.2) is 90.1 Å². The number of esters is 1. The van der Waals surface area contributed by atoms with Gasteiger partial charge in [0, 0.05) is 56.8 Å². The van der Waals surface area contributed by atoms with Crippen LogP contribution < -0.4 is 0 Å². The van der Waals surface area contributed by atoms with E-state index in [0.29, 0.717) is 48.2 Å². The monoisotopic (exact) mass is 460 g/mol. The first-order valence-corrected chi connectivity index (χ1v) is 11.7. The molecule has 1 aliphatic heterocycles. The number of benzene rings is 1. The zero-order chi connectivity index (χ0) is 23.3. The number of phenols is 1. The largest absolute Gasteiger partial charge is 0.508 e. The van der Waals surface area contributed by atoms with Crippen molar-refractivity contribution in [3.63, 3.8) is 0 Å². The molecule has 32 heavy (non-hydrogen) atoms. The second-order valence-electron chi connectivity index (χ2n) is 8.21. The van der Waals surface area contributed by atoms with Gasteiger partial charge in [0.2, 0.25) is 5.91 Å². The minimum absolute atomic E-state index is 0.178. The molecule has 9 heteroatoms. The lowest BCUT2D eigenvalue weighted by Gasteiger charge is -2.23. The van der Waals surface area contributed by atoms with Gasteiger partial charge in [-0.15, -0.1) is 11.3 Å². The van der Waals surface area contributed by atoms with Crippen LogP contribution >= 0.6 is 11.3 Å². The van der Waals surface area contributed by atoms with E-state index < -0.39 is 0 Å². The summed E-state index contributed by atoms with van der Waals surface area (Å²) in [4.78, 5) is 35.8. The van der Waals surface area contributed by atoms with Gasteiger partial charge in [-0.25, -0.2) is 9.78 Å². The molecule has 0 aliphatic carbocycles. The highest BCUT2D eigenvalue weighted by molar-refractivity contribution is 7.17. The van der Waals surface area contributed by atoms with E-state index in [0.717, 1.165) is 30.8 Å². The number of hydrogen-bond acceptors (Lipinski definition) is 8. The molecule has 1 aromatic heterocycles. The number of carbonyl (C=O) groups excluding carboxylic acids is 2. The summed E-state index contributed by atoms with van der Waals surface area (Å²) in [6.07, 6.45) is 0.475. The molecule has 1 saturated heterocycles. The smallest absolute Gasteiger partial charge is 0.350 e. The Morgan fingerprint density at radius 3 is 2.78 bits per heavy atom. The van der Waals surface area contributed by atoms with Crippen LogP contribution in [0.2, 0.25) is 0 Å². The molecular weight excluding hydrogens is 428 g/mol. The third-order valence-electron chi connectivity index (χ3n) is 5.48. The summed E-state index contributed by atoms with van der Waals surface area (Å²) in [6, 6.07) is 5.39. The molecule has 0 bridgehead atoms. The Kier molecular flexibility index (Phi) is 8.22. The number of phenolic OH excluding ortho intramolecular Hbond substituents is 1. The maximum absolute atomic E-state index is 12.5. The number of nitrogens with zero attached hydrogens (tertiary/aromatic N) is 4. The van der Waals surface area contributed by atoms with Gasteiger partial charge >= 0.3 is 5.97 Å². The first-order chi connectivity index (χ1) is 15.3. The van der Waals surface area contributed by atoms with Crippen LogP contribution in [0, 0.1) is 6.92 Å². The molecule has 1 aromatic carbocycles. The number of carbonyl (C=O) groups is 2. The predicted molar refractivity (Wildman–Crippen MR) is 125 cm³/mol. The van der Waals surface area contributed by atoms with E-state index in [2.05, 4.69) is 14.8 Å². The van der Waals surface area contributed by atoms with Gasteiger partial charge in [-0.3, -0.25) is 9.69 Å². The van der Waals surface area contributed by atoms with Gasteiger partial charge in [-0.1, -0.05) is 0 Å². The van der Waals surface area contributed by atoms with E-state index >= 15 is 0 Å². The number of thiazole rings is 1. The third kappa shape index (κ3) is 6.05. The van der Waals surface area contributed by atoms with Crippen molar-refractivity contribution in [3.05, 3.63) is 34.3 Å². The van der Waals surface area contributed by atoms with E-state index in [-0.39, 0.29) is 17.6 Å². The van der Waals surface area contributed by atoms with E-state index in [1.165, 1.54) is 11.3 Å². The van der Waals surface area contributed by atoms with Crippen molar-refractivity contribution in [2.45, 2.75) is 26.8 Å². The Morgan fingerprint density at radius 1 is 1.28 bits per heavy atom. The molecule has 0 radical (unpaired) electrons. The molecule has 2 aromatic rings. The van der Waals surface area contributed by atoms with Gasteiger partial charge in [-0.05, 0) is 46.1 Å². The van der Waals surface area contributed by atoms with Crippen LogP contribution in [0.1, 0.15) is 34.3 Å². The molecule has 3 rings (SSSR count). The summed E-state index contributed by atoms with van der Waals surface area (Å²) < 4.78 is 5.11. The van der Waals surface area contributed by atoms with Gasteiger partial charge in [0.05, 0.1) is 12.3 Å². The number of likely N-dealkylation sites (N-methyl/N-ethyl adjacent to an activating group) is 1. The maximum atomic E-state index is 12.5. The molecule has 174 valence electrons. The van der Waals surface area contributed by atoms with Crippen molar-refractivity contribution in [1.82, 2.24) is 19.7 Å². The zero-order valence-electron chi connectivity index (χ0n) is 19.3. The van der Waals surface area contributed by atoms with Crippen molar-refractivity contribution in [1.29, 1.82) is 0 Å². The molecule has 1 amide bonds. The number of hydrogen-bond donors (Lipinski definition) is 1. The molecule has 8 nitrogen and oxygen atoms in total. The summed E-state index contributed by atoms with van der Waals surface area (Å²) in [7, 11) is 4.01. The lowest BCUT2D eigenvalue weighted by Crippen LogP contribution is -2.37. The van der Waals surface area contributed by atoms with E-state index in [1.54, 1.807) is 26.0 Å². The molecule has 1 N–H and O–H groups in total. The van der Waals surface area contributed by atoms with Crippen LogP contribution in [0.25, 0.3) is 10.6 Å².